The number of halogens is 1. The molecule has 0 spiro atoms. The van der Waals surface area contributed by atoms with Crippen molar-refractivity contribution in [2.75, 3.05) is 13.7 Å². The van der Waals surface area contributed by atoms with Gasteiger partial charge in [0.05, 0.1) is 16.6 Å². The zero-order valence-electron chi connectivity index (χ0n) is 11.4. The van der Waals surface area contributed by atoms with Gasteiger partial charge in [-0.05, 0) is 41.9 Å². The van der Waals surface area contributed by atoms with Crippen LogP contribution in [0.25, 0.3) is 0 Å². The monoisotopic (exact) mass is 345 g/mol. The molecule has 1 rings (SSSR count). The van der Waals surface area contributed by atoms with E-state index in [1.807, 2.05) is 0 Å². The average molecular weight is 346 g/mol. The molecule has 1 unspecified atom stereocenters. The molecule has 0 fully saturated rings. The minimum atomic E-state index is -1.07. The number of amides is 1. The number of nitrogens with one attached hydrogen (secondary N) is 1. The molecule has 0 aliphatic rings. The number of hydrogen-bond acceptors (Lipinski definition) is 4. The minimum absolute atomic E-state index is 0.0697. The lowest BCUT2D eigenvalue weighted by Crippen LogP contribution is -2.33. The van der Waals surface area contributed by atoms with Gasteiger partial charge in [-0.3, -0.25) is 4.79 Å². The summed E-state index contributed by atoms with van der Waals surface area (Å²) in [5.74, 6) is -0.790. The second-order valence-corrected chi connectivity index (χ2v) is 4.75. The van der Waals surface area contributed by atoms with Crippen molar-refractivity contribution in [3.8, 4) is 11.5 Å². The van der Waals surface area contributed by atoms with Crippen LogP contribution in [0.5, 0.6) is 11.5 Å². The molecule has 0 heterocycles. The Bertz CT molecular complexity index is 518. The summed E-state index contributed by atoms with van der Waals surface area (Å²) in [7, 11) is 1.51. The van der Waals surface area contributed by atoms with Gasteiger partial charge in [-0.15, -0.1) is 0 Å². The van der Waals surface area contributed by atoms with Crippen LogP contribution in [0.15, 0.2) is 16.6 Å². The number of carbonyl (C=O) groups excluding carboxylic acids is 1. The number of benzene rings is 1. The smallest absolute Gasteiger partial charge is 0.335 e. The molecule has 1 aromatic rings. The molecule has 1 amide bonds. The van der Waals surface area contributed by atoms with Crippen molar-refractivity contribution >= 4 is 27.8 Å². The fraction of sp³-hybridized carbons (Fsp3) is 0.385. The molecule has 20 heavy (non-hydrogen) atoms. The third kappa shape index (κ3) is 3.86. The first-order valence-corrected chi connectivity index (χ1v) is 6.77. The van der Waals surface area contributed by atoms with Crippen molar-refractivity contribution in [2.24, 2.45) is 0 Å². The predicted octanol–water partition coefficient (Wildman–Crippen LogP) is 2.06. The van der Waals surface area contributed by atoms with E-state index in [1.54, 1.807) is 13.8 Å². The SMILES string of the molecule is CCOc1cc(C(=O)O)cc(Br)c1OC(C)C(=O)NC. The van der Waals surface area contributed by atoms with Crippen molar-refractivity contribution in [3.63, 3.8) is 0 Å². The largest absolute Gasteiger partial charge is 0.490 e. The minimum Gasteiger partial charge on any atom is -0.490 e. The van der Waals surface area contributed by atoms with Crippen LogP contribution in [0.2, 0.25) is 0 Å². The molecule has 110 valence electrons. The fourth-order valence-electron chi connectivity index (χ4n) is 1.50. The van der Waals surface area contributed by atoms with Crippen LogP contribution in [0.3, 0.4) is 0 Å². The van der Waals surface area contributed by atoms with Crippen LogP contribution in [-0.4, -0.2) is 36.7 Å². The van der Waals surface area contributed by atoms with Crippen molar-refractivity contribution < 1.29 is 24.2 Å². The Hall–Kier alpha value is -1.76. The summed E-state index contributed by atoms with van der Waals surface area (Å²) in [4.78, 5) is 22.5. The third-order valence-corrected chi connectivity index (χ3v) is 3.06. The molecule has 0 radical (unpaired) electrons. The molecule has 6 nitrogen and oxygen atoms in total. The number of carbonyl (C=O) groups is 2. The maximum absolute atomic E-state index is 11.5. The van der Waals surface area contributed by atoms with Crippen LogP contribution in [0, 0.1) is 0 Å². The van der Waals surface area contributed by atoms with Gasteiger partial charge < -0.3 is 19.9 Å². The standard InChI is InChI=1S/C13H16BrNO5/c1-4-19-10-6-8(13(17)18)5-9(14)11(10)20-7(2)12(16)15-3/h5-7H,4H2,1-3H3,(H,15,16)(H,17,18). The zero-order chi connectivity index (χ0) is 15.3. The lowest BCUT2D eigenvalue weighted by Gasteiger charge is -2.18. The molecule has 0 aromatic heterocycles. The molecule has 0 aliphatic heterocycles. The molecule has 1 atom stereocenters. The first-order chi connectivity index (χ1) is 9.40. The number of carboxylic acid groups (broad SMARTS) is 1. The fourth-order valence-corrected chi connectivity index (χ4v) is 2.04. The van der Waals surface area contributed by atoms with E-state index in [0.717, 1.165) is 0 Å². The van der Waals surface area contributed by atoms with Crippen LogP contribution in [-0.2, 0) is 4.79 Å². The first kappa shape index (κ1) is 16.3. The summed E-state index contributed by atoms with van der Waals surface area (Å²) in [6.07, 6.45) is -0.730. The van der Waals surface area contributed by atoms with E-state index in [9.17, 15) is 9.59 Å². The highest BCUT2D eigenvalue weighted by Crippen LogP contribution is 2.37. The Morgan fingerprint density at radius 1 is 1.45 bits per heavy atom. The van der Waals surface area contributed by atoms with Crippen LogP contribution in [0.4, 0.5) is 0 Å². The van der Waals surface area contributed by atoms with Crippen LogP contribution < -0.4 is 14.8 Å². The van der Waals surface area contributed by atoms with Crippen molar-refractivity contribution in [1.82, 2.24) is 5.32 Å². The van der Waals surface area contributed by atoms with Crippen LogP contribution >= 0.6 is 15.9 Å². The number of aromatic carboxylic acids is 1. The zero-order valence-corrected chi connectivity index (χ0v) is 13.0. The molecule has 0 aliphatic carbocycles. The molecule has 2 N–H and O–H groups in total. The van der Waals surface area contributed by atoms with E-state index in [-0.39, 0.29) is 17.2 Å². The maximum atomic E-state index is 11.5. The summed E-state index contributed by atoms with van der Waals surface area (Å²) in [6.45, 7) is 3.71. The Balaban J connectivity index is 3.16. The lowest BCUT2D eigenvalue weighted by molar-refractivity contribution is -0.126. The summed E-state index contributed by atoms with van der Waals surface area (Å²) in [6, 6.07) is 2.76. The van der Waals surface area contributed by atoms with Crippen LogP contribution in [0.1, 0.15) is 24.2 Å². The topological polar surface area (TPSA) is 84.9 Å². The lowest BCUT2D eigenvalue weighted by atomic mass is 10.2. The third-order valence-electron chi connectivity index (χ3n) is 2.47. The van der Waals surface area contributed by atoms with E-state index in [0.29, 0.717) is 16.8 Å². The van der Waals surface area contributed by atoms with Gasteiger partial charge in [-0.25, -0.2) is 4.79 Å². The van der Waals surface area contributed by atoms with Gasteiger partial charge in [0, 0.05) is 7.05 Å². The van der Waals surface area contributed by atoms with Gasteiger partial charge in [0.2, 0.25) is 0 Å². The Kier molecular flexibility index (Phi) is 5.82. The van der Waals surface area contributed by atoms with Gasteiger partial charge in [0.25, 0.3) is 5.91 Å². The summed E-state index contributed by atoms with van der Waals surface area (Å²) in [5.41, 5.74) is 0.0697. The quantitative estimate of drug-likeness (QED) is 0.824. The van der Waals surface area contributed by atoms with Crippen molar-refractivity contribution in [2.45, 2.75) is 20.0 Å². The molecule has 0 bridgehead atoms. The van der Waals surface area contributed by atoms with Gasteiger partial charge in [-0.1, -0.05) is 0 Å². The summed E-state index contributed by atoms with van der Waals surface area (Å²) >= 11 is 3.24. The highest BCUT2D eigenvalue weighted by molar-refractivity contribution is 9.10. The molecule has 0 saturated carbocycles. The van der Waals surface area contributed by atoms with Gasteiger partial charge in [0.1, 0.15) is 0 Å². The van der Waals surface area contributed by atoms with E-state index in [1.165, 1.54) is 19.2 Å². The number of ether oxygens (including phenoxy) is 2. The highest BCUT2D eigenvalue weighted by atomic mass is 79.9. The Labute approximate surface area is 125 Å². The van der Waals surface area contributed by atoms with Crippen molar-refractivity contribution in [1.29, 1.82) is 0 Å². The molecule has 1 aromatic carbocycles. The normalized spacial score (nSPS) is 11.6. The number of carboxylic acids is 1. The Morgan fingerprint density at radius 2 is 2.10 bits per heavy atom. The maximum Gasteiger partial charge on any atom is 0.335 e. The summed E-state index contributed by atoms with van der Waals surface area (Å²) in [5, 5.41) is 11.5. The number of likely N-dealkylation sites (N-methyl/N-ethyl adjacent to an activating group) is 1. The second kappa shape index (κ2) is 7.14. The highest BCUT2D eigenvalue weighted by Gasteiger charge is 2.20. The Morgan fingerprint density at radius 3 is 2.60 bits per heavy atom. The predicted molar refractivity (Wildman–Crippen MR) is 76.4 cm³/mol. The summed E-state index contributed by atoms with van der Waals surface area (Å²) < 4.78 is 11.3. The number of hydrogen-bond donors (Lipinski definition) is 2. The van der Waals surface area contributed by atoms with E-state index in [4.69, 9.17) is 14.6 Å². The van der Waals surface area contributed by atoms with E-state index >= 15 is 0 Å². The van der Waals surface area contributed by atoms with E-state index in [2.05, 4.69) is 21.2 Å². The number of rotatable bonds is 6. The van der Waals surface area contributed by atoms with Gasteiger partial charge >= 0.3 is 5.97 Å². The molecule has 0 saturated heterocycles. The first-order valence-electron chi connectivity index (χ1n) is 5.98. The van der Waals surface area contributed by atoms with Crippen molar-refractivity contribution in [3.05, 3.63) is 22.2 Å². The second-order valence-electron chi connectivity index (χ2n) is 3.90. The molecule has 7 heteroatoms. The molecular formula is C13H16BrNO5. The van der Waals surface area contributed by atoms with Gasteiger partial charge in [0.15, 0.2) is 17.6 Å². The van der Waals surface area contributed by atoms with E-state index < -0.39 is 12.1 Å². The molecular weight excluding hydrogens is 330 g/mol. The van der Waals surface area contributed by atoms with Gasteiger partial charge in [-0.2, -0.15) is 0 Å². The average Bonchev–Trinajstić information content (AvgIpc) is 2.41.